The minimum Gasteiger partial charge on any atom is -0.468 e. The number of furan rings is 1. The van der Waals surface area contributed by atoms with Crippen LogP contribution in [0.4, 0.5) is 0 Å². The van der Waals surface area contributed by atoms with Gasteiger partial charge in [-0.25, -0.2) is 4.68 Å². The second-order valence-electron chi connectivity index (χ2n) is 7.31. The normalized spacial score (nSPS) is 16.0. The molecule has 1 aromatic carbocycles. The summed E-state index contributed by atoms with van der Waals surface area (Å²) in [7, 11) is 0. The van der Waals surface area contributed by atoms with E-state index < -0.39 is 11.1 Å². The van der Waals surface area contributed by atoms with E-state index in [4.69, 9.17) is 4.42 Å². The number of fused-ring (bicyclic) bond motifs is 1. The Kier molecular flexibility index (Phi) is 5.62. The van der Waals surface area contributed by atoms with Crippen molar-refractivity contribution < 1.29 is 9.21 Å². The van der Waals surface area contributed by atoms with Crippen LogP contribution in [0.2, 0.25) is 0 Å². The van der Waals surface area contributed by atoms with Gasteiger partial charge in [0.2, 0.25) is 5.91 Å². The molecule has 8 heteroatoms. The lowest BCUT2D eigenvalue weighted by Crippen LogP contribution is -2.42. The molecule has 2 N–H and O–H groups in total. The van der Waals surface area contributed by atoms with Crippen LogP contribution in [0.5, 0.6) is 0 Å². The number of likely N-dealkylation sites (tertiary alicyclic amines) is 1. The van der Waals surface area contributed by atoms with Gasteiger partial charge in [-0.05, 0) is 50.2 Å². The van der Waals surface area contributed by atoms with Crippen molar-refractivity contribution in [3.63, 3.8) is 0 Å². The molecular formula is C21H24N4O4. The maximum Gasteiger partial charge on any atom is 0.273 e. The second-order valence-corrected chi connectivity index (χ2v) is 7.31. The fourth-order valence-corrected chi connectivity index (χ4v) is 3.89. The molecule has 0 bridgehead atoms. The van der Waals surface area contributed by atoms with E-state index in [2.05, 4.69) is 15.3 Å². The van der Waals surface area contributed by atoms with Gasteiger partial charge in [0, 0.05) is 6.54 Å². The van der Waals surface area contributed by atoms with Gasteiger partial charge >= 0.3 is 0 Å². The first-order valence-corrected chi connectivity index (χ1v) is 9.89. The van der Waals surface area contributed by atoms with Gasteiger partial charge in [0.05, 0.1) is 23.1 Å². The molecule has 0 spiro atoms. The Morgan fingerprint density at radius 2 is 1.83 bits per heavy atom. The van der Waals surface area contributed by atoms with E-state index in [1.54, 1.807) is 30.5 Å². The lowest BCUT2D eigenvalue weighted by Gasteiger charge is -2.33. The van der Waals surface area contributed by atoms with Crippen molar-refractivity contribution in [3.8, 4) is 0 Å². The van der Waals surface area contributed by atoms with Gasteiger partial charge in [-0.2, -0.15) is 0 Å². The summed E-state index contributed by atoms with van der Waals surface area (Å²) in [5, 5.41) is 5.99. The highest BCUT2D eigenvalue weighted by Gasteiger charge is 2.25. The standard InChI is InChI=1S/C21H24N4O4/c26-19(14-25-21(28)16-8-3-2-7-15(16)20(27)23-25)22-13-17(18-9-6-12-29-18)24-10-4-1-5-11-24/h2-3,6-9,12,17H,1,4-5,10-11,13-14H2,(H,22,26)(H,23,27). The Balaban J connectivity index is 1.48. The van der Waals surface area contributed by atoms with Crippen LogP contribution in [0, 0.1) is 0 Å². The van der Waals surface area contributed by atoms with E-state index in [1.165, 1.54) is 6.42 Å². The average molecular weight is 396 g/mol. The van der Waals surface area contributed by atoms with Crippen LogP contribution < -0.4 is 16.4 Å². The van der Waals surface area contributed by atoms with Crippen LogP contribution in [0.3, 0.4) is 0 Å². The van der Waals surface area contributed by atoms with Gasteiger partial charge in [-0.15, -0.1) is 0 Å². The fourth-order valence-electron chi connectivity index (χ4n) is 3.89. The lowest BCUT2D eigenvalue weighted by atomic mass is 10.1. The van der Waals surface area contributed by atoms with Crippen molar-refractivity contribution in [3.05, 3.63) is 69.1 Å². The fraction of sp³-hybridized carbons (Fsp3) is 0.381. The van der Waals surface area contributed by atoms with Crippen LogP contribution in [-0.2, 0) is 11.3 Å². The molecule has 0 radical (unpaired) electrons. The van der Waals surface area contributed by atoms with Gasteiger partial charge in [-0.1, -0.05) is 18.6 Å². The first kappa shape index (κ1) is 19.2. The molecule has 1 atom stereocenters. The van der Waals surface area contributed by atoms with E-state index in [1.807, 2.05) is 12.1 Å². The summed E-state index contributed by atoms with van der Waals surface area (Å²) < 4.78 is 6.65. The number of piperidine rings is 1. The Bertz CT molecular complexity index is 1090. The molecule has 1 saturated heterocycles. The van der Waals surface area contributed by atoms with Gasteiger partial charge in [0.15, 0.2) is 0 Å². The Morgan fingerprint density at radius 3 is 2.55 bits per heavy atom. The average Bonchev–Trinajstić information content (AvgIpc) is 3.27. The molecule has 1 amide bonds. The molecule has 0 saturated carbocycles. The molecule has 4 rings (SSSR count). The summed E-state index contributed by atoms with van der Waals surface area (Å²) in [6.45, 7) is 2.04. The van der Waals surface area contributed by atoms with Crippen molar-refractivity contribution in [2.75, 3.05) is 19.6 Å². The number of hydrogen-bond acceptors (Lipinski definition) is 5. The number of nitrogens with zero attached hydrogens (tertiary/aromatic N) is 2. The molecule has 152 valence electrons. The number of amides is 1. The van der Waals surface area contributed by atoms with Crippen molar-refractivity contribution in [2.24, 2.45) is 0 Å². The van der Waals surface area contributed by atoms with E-state index in [9.17, 15) is 14.4 Å². The number of aromatic nitrogens is 2. The van der Waals surface area contributed by atoms with Crippen molar-refractivity contribution >= 4 is 16.7 Å². The Hall–Kier alpha value is -3.13. The zero-order valence-corrected chi connectivity index (χ0v) is 16.1. The van der Waals surface area contributed by atoms with Gasteiger partial charge < -0.3 is 9.73 Å². The van der Waals surface area contributed by atoms with Crippen molar-refractivity contribution in [1.29, 1.82) is 0 Å². The highest BCUT2D eigenvalue weighted by atomic mass is 16.3. The minimum absolute atomic E-state index is 0.0541. The van der Waals surface area contributed by atoms with Crippen LogP contribution >= 0.6 is 0 Å². The molecule has 29 heavy (non-hydrogen) atoms. The third-order valence-corrected chi connectivity index (χ3v) is 5.38. The quantitative estimate of drug-likeness (QED) is 0.660. The van der Waals surface area contributed by atoms with Crippen LogP contribution in [0.25, 0.3) is 10.8 Å². The monoisotopic (exact) mass is 396 g/mol. The second kappa shape index (κ2) is 8.48. The van der Waals surface area contributed by atoms with Gasteiger partial charge in [0.25, 0.3) is 11.1 Å². The minimum atomic E-state index is -0.394. The number of rotatable bonds is 6. The van der Waals surface area contributed by atoms with E-state index in [-0.39, 0.29) is 18.5 Å². The number of aromatic amines is 1. The number of benzene rings is 1. The van der Waals surface area contributed by atoms with E-state index in [0.29, 0.717) is 17.3 Å². The number of carbonyl (C=O) groups excluding carboxylic acids is 1. The van der Waals surface area contributed by atoms with Crippen molar-refractivity contribution in [1.82, 2.24) is 20.0 Å². The molecule has 3 heterocycles. The van der Waals surface area contributed by atoms with Gasteiger partial charge in [0.1, 0.15) is 12.3 Å². The maximum atomic E-state index is 12.6. The third kappa shape index (κ3) is 4.17. The summed E-state index contributed by atoms with van der Waals surface area (Å²) >= 11 is 0. The highest BCUT2D eigenvalue weighted by molar-refractivity contribution is 5.81. The van der Waals surface area contributed by atoms with Gasteiger partial charge in [-0.3, -0.25) is 24.4 Å². The molecule has 8 nitrogen and oxygen atoms in total. The number of carbonyl (C=O) groups is 1. The summed E-state index contributed by atoms with van der Waals surface area (Å²) in [6, 6.07) is 10.3. The summed E-state index contributed by atoms with van der Waals surface area (Å²) in [6.07, 6.45) is 5.09. The Labute approximate surface area is 167 Å². The number of hydrogen-bond donors (Lipinski definition) is 2. The zero-order valence-electron chi connectivity index (χ0n) is 16.1. The molecule has 3 aromatic rings. The molecule has 1 unspecified atom stereocenters. The SMILES string of the molecule is O=C(Cn1[nH]c(=O)c2ccccc2c1=O)NCC(c1ccco1)N1CCCCC1. The summed E-state index contributed by atoms with van der Waals surface area (Å²) in [4.78, 5) is 39.6. The van der Waals surface area contributed by atoms with Crippen LogP contribution in [-0.4, -0.2) is 40.2 Å². The molecule has 1 aliphatic rings. The molecule has 1 fully saturated rings. The zero-order chi connectivity index (χ0) is 20.2. The topological polar surface area (TPSA) is 100 Å². The third-order valence-electron chi connectivity index (χ3n) is 5.38. The predicted molar refractivity (Wildman–Crippen MR) is 109 cm³/mol. The lowest BCUT2D eigenvalue weighted by molar-refractivity contribution is -0.122. The summed E-state index contributed by atoms with van der Waals surface area (Å²) in [5.74, 6) is 0.468. The largest absolute Gasteiger partial charge is 0.468 e. The first-order valence-electron chi connectivity index (χ1n) is 9.89. The summed E-state index contributed by atoms with van der Waals surface area (Å²) in [5.41, 5.74) is -0.788. The smallest absolute Gasteiger partial charge is 0.273 e. The van der Waals surface area contributed by atoms with E-state index >= 15 is 0 Å². The predicted octanol–water partition coefficient (Wildman–Crippen LogP) is 1.63. The molecule has 0 aliphatic carbocycles. The highest BCUT2D eigenvalue weighted by Crippen LogP contribution is 2.24. The molecule has 1 aliphatic heterocycles. The maximum absolute atomic E-state index is 12.6. The molecular weight excluding hydrogens is 372 g/mol. The van der Waals surface area contributed by atoms with Crippen molar-refractivity contribution in [2.45, 2.75) is 31.8 Å². The van der Waals surface area contributed by atoms with Crippen LogP contribution in [0.15, 0.2) is 56.7 Å². The van der Waals surface area contributed by atoms with Crippen LogP contribution in [0.1, 0.15) is 31.1 Å². The first-order chi connectivity index (χ1) is 14.1. The number of nitrogens with one attached hydrogen (secondary N) is 2. The Morgan fingerprint density at radius 1 is 1.07 bits per heavy atom. The molecule has 2 aromatic heterocycles. The number of H-pyrrole nitrogens is 1. The van der Waals surface area contributed by atoms with E-state index in [0.717, 1.165) is 36.4 Å².